The molecular formula is C20H26N4O8S. The van der Waals surface area contributed by atoms with Gasteiger partial charge in [0.05, 0.1) is 5.39 Å². The van der Waals surface area contributed by atoms with E-state index < -0.39 is 23.9 Å². The van der Waals surface area contributed by atoms with Crippen molar-refractivity contribution in [3.63, 3.8) is 0 Å². The molecular weight excluding hydrogens is 456 g/mol. The lowest BCUT2D eigenvalue weighted by molar-refractivity contribution is -0.159. The predicted octanol–water partition coefficient (Wildman–Crippen LogP) is 1.02. The van der Waals surface area contributed by atoms with Crippen molar-refractivity contribution in [1.82, 2.24) is 14.9 Å². The van der Waals surface area contributed by atoms with Crippen LogP contribution >= 0.6 is 11.3 Å². The van der Waals surface area contributed by atoms with Crippen molar-refractivity contribution in [2.24, 2.45) is 0 Å². The molecule has 0 spiro atoms. The van der Waals surface area contributed by atoms with Gasteiger partial charge >= 0.3 is 23.9 Å². The first-order chi connectivity index (χ1) is 15.6. The van der Waals surface area contributed by atoms with Crippen LogP contribution in [0.1, 0.15) is 29.7 Å². The number of piperazine rings is 1. The number of hydrogen-bond donors (Lipinski definition) is 4. The molecule has 0 radical (unpaired) electrons. The molecule has 0 unspecified atom stereocenters. The fourth-order valence-electron chi connectivity index (χ4n) is 3.51. The number of aromatic nitrogens is 2. The van der Waals surface area contributed by atoms with Crippen LogP contribution in [0.2, 0.25) is 0 Å². The highest BCUT2D eigenvalue weighted by Gasteiger charge is 2.23. The Balaban J connectivity index is 0.000000269. The third-order valence-electron chi connectivity index (χ3n) is 5.15. The van der Waals surface area contributed by atoms with Crippen LogP contribution in [0.4, 0.5) is 5.82 Å². The zero-order chi connectivity index (χ0) is 24.5. The summed E-state index contributed by atoms with van der Waals surface area (Å²) in [6.45, 7) is 4.40. The minimum atomic E-state index is -1.82. The fraction of sp³-hybridized carbons (Fsp3) is 0.500. The SMILES string of the molecule is CN1CCN(c2ncnc3sc4c(c23)CCCCC4)CC1.O=C(O)C(=O)O.O=C(O)C(=O)O. The van der Waals surface area contributed by atoms with Crippen LogP contribution in [0.3, 0.4) is 0 Å². The number of hydrogen-bond acceptors (Lipinski definition) is 9. The molecule has 0 aromatic carbocycles. The summed E-state index contributed by atoms with van der Waals surface area (Å²) in [7, 11) is 2.20. The van der Waals surface area contributed by atoms with Crippen molar-refractivity contribution in [3.05, 3.63) is 16.8 Å². The van der Waals surface area contributed by atoms with Crippen molar-refractivity contribution in [2.75, 3.05) is 38.1 Å². The van der Waals surface area contributed by atoms with Gasteiger partial charge in [-0.3, -0.25) is 0 Å². The molecule has 2 aliphatic rings. The lowest BCUT2D eigenvalue weighted by atomic mass is 10.1. The van der Waals surface area contributed by atoms with Gasteiger partial charge in [-0.1, -0.05) is 6.42 Å². The zero-order valence-electron chi connectivity index (χ0n) is 18.1. The molecule has 4 rings (SSSR count). The van der Waals surface area contributed by atoms with Crippen LogP contribution in [0.15, 0.2) is 6.33 Å². The standard InChI is InChI=1S/C16H22N4S.2C2H2O4/c1-19-7-9-20(10-8-19)15-14-12-5-3-2-4-6-13(12)21-16(14)18-11-17-15;2*3-1(4)2(5)6/h11H,2-10H2,1H3;2*(H,3,4)(H,5,6). The lowest BCUT2D eigenvalue weighted by Gasteiger charge is -2.33. The number of rotatable bonds is 1. The Kier molecular flexibility index (Phi) is 9.48. The molecule has 2 aromatic heterocycles. The Bertz CT molecular complexity index is 969. The van der Waals surface area contributed by atoms with Crippen LogP contribution in [0.5, 0.6) is 0 Å². The second-order valence-corrected chi connectivity index (χ2v) is 8.54. The molecule has 0 bridgehead atoms. The molecule has 2 aromatic rings. The largest absolute Gasteiger partial charge is 0.473 e. The highest BCUT2D eigenvalue weighted by molar-refractivity contribution is 7.18. The number of aryl methyl sites for hydroxylation is 2. The lowest BCUT2D eigenvalue weighted by Crippen LogP contribution is -2.44. The minimum Gasteiger partial charge on any atom is -0.473 e. The normalized spacial score (nSPS) is 15.7. The Hall–Kier alpha value is -3.32. The summed E-state index contributed by atoms with van der Waals surface area (Å²) in [6.07, 6.45) is 8.21. The van der Waals surface area contributed by atoms with Crippen LogP contribution < -0.4 is 4.90 Å². The Morgan fingerprint density at radius 1 is 0.818 bits per heavy atom. The molecule has 1 saturated heterocycles. The number of fused-ring (bicyclic) bond motifs is 3. The zero-order valence-corrected chi connectivity index (χ0v) is 18.9. The molecule has 13 heteroatoms. The summed E-state index contributed by atoms with van der Waals surface area (Å²) < 4.78 is 0. The predicted molar refractivity (Wildman–Crippen MR) is 119 cm³/mol. The number of aliphatic carboxylic acids is 4. The summed E-state index contributed by atoms with van der Waals surface area (Å²) in [5.74, 6) is -6.11. The van der Waals surface area contributed by atoms with E-state index in [0.717, 1.165) is 26.2 Å². The van der Waals surface area contributed by atoms with Gasteiger partial charge in [-0.25, -0.2) is 29.1 Å². The van der Waals surface area contributed by atoms with Gasteiger partial charge < -0.3 is 30.2 Å². The van der Waals surface area contributed by atoms with Gasteiger partial charge in [0.25, 0.3) is 0 Å². The van der Waals surface area contributed by atoms with Gasteiger partial charge in [-0.15, -0.1) is 11.3 Å². The van der Waals surface area contributed by atoms with Crippen molar-refractivity contribution < 1.29 is 39.6 Å². The van der Waals surface area contributed by atoms with Gasteiger partial charge in [0.15, 0.2) is 0 Å². The van der Waals surface area contributed by atoms with Crippen LogP contribution in [-0.2, 0) is 32.0 Å². The number of likely N-dealkylation sites (N-methyl/N-ethyl adjacent to an activating group) is 1. The number of thiophene rings is 1. The first-order valence-corrected chi connectivity index (χ1v) is 11.0. The molecule has 1 fully saturated rings. The summed E-state index contributed by atoms with van der Waals surface area (Å²) in [5, 5.41) is 30.9. The van der Waals surface area contributed by atoms with Gasteiger partial charge in [0.1, 0.15) is 17.0 Å². The van der Waals surface area contributed by atoms with E-state index >= 15 is 0 Å². The first kappa shape index (κ1) is 25.9. The third kappa shape index (κ3) is 7.36. The van der Waals surface area contributed by atoms with Crippen LogP contribution in [0, 0.1) is 0 Å². The maximum Gasteiger partial charge on any atom is 0.414 e. The van der Waals surface area contributed by atoms with Crippen molar-refractivity contribution in [1.29, 1.82) is 0 Å². The Labute approximate surface area is 193 Å². The number of carboxylic acid groups (broad SMARTS) is 4. The van der Waals surface area contributed by atoms with E-state index in [4.69, 9.17) is 39.6 Å². The number of carbonyl (C=O) groups is 4. The minimum absolute atomic E-state index is 1.08. The molecule has 180 valence electrons. The Morgan fingerprint density at radius 3 is 1.91 bits per heavy atom. The molecule has 33 heavy (non-hydrogen) atoms. The van der Waals surface area contributed by atoms with E-state index in [1.54, 1.807) is 16.8 Å². The monoisotopic (exact) mass is 482 g/mol. The van der Waals surface area contributed by atoms with E-state index in [-0.39, 0.29) is 0 Å². The van der Waals surface area contributed by atoms with Crippen LogP contribution in [-0.4, -0.2) is 92.4 Å². The average molecular weight is 483 g/mol. The maximum absolute atomic E-state index is 9.10. The van der Waals surface area contributed by atoms with Gasteiger partial charge in [-0.05, 0) is 38.3 Å². The summed E-state index contributed by atoms with van der Waals surface area (Å²) in [4.78, 5) is 53.2. The number of nitrogens with zero attached hydrogens (tertiary/aromatic N) is 4. The molecule has 0 atom stereocenters. The summed E-state index contributed by atoms with van der Waals surface area (Å²) in [6, 6.07) is 0. The molecule has 0 amide bonds. The van der Waals surface area contributed by atoms with Crippen molar-refractivity contribution in [3.8, 4) is 0 Å². The Morgan fingerprint density at radius 2 is 1.36 bits per heavy atom. The quantitative estimate of drug-likeness (QED) is 0.335. The van der Waals surface area contributed by atoms with Gasteiger partial charge in [-0.2, -0.15) is 0 Å². The third-order valence-corrected chi connectivity index (χ3v) is 6.35. The second kappa shape index (κ2) is 12.1. The number of anilines is 1. The molecule has 0 saturated carbocycles. The average Bonchev–Trinajstić information content (AvgIpc) is 2.96. The highest BCUT2D eigenvalue weighted by atomic mass is 32.1. The van der Waals surface area contributed by atoms with E-state index in [9.17, 15) is 0 Å². The van der Waals surface area contributed by atoms with E-state index in [1.165, 1.54) is 48.1 Å². The topological polar surface area (TPSA) is 181 Å². The van der Waals surface area contributed by atoms with E-state index in [2.05, 4.69) is 26.8 Å². The van der Waals surface area contributed by atoms with Gasteiger partial charge in [0.2, 0.25) is 0 Å². The highest BCUT2D eigenvalue weighted by Crippen LogP contribution is 2.38. The fourth-order valence-corrected chi connectivity index (χ4v) is 4.73. The number of carboxylic acids is 4. The van der Waals surface area contributed by atoms with E-state index in [1.807, 2.05) is 11.3 Å². The van der Waals surface area contributed by atoms with E-state index in [0.29, 0.717) is 0 Å². The summed E-state index contributed by atoms with van der Waals surface area (Å²) >= 11 is 1.90. The molecule has 12 nitrogen and oxygen atoms in total. The molecule has 4 N–H and O–H groups in total. The second-order valence-electron chi connectivity index (χ2n) is 7.45. The van der Waals surface area contributed by atoms with Crippen molar-refractivity contribution >= 4 is 51.2 Å². The smallest absolute Gasteiger partial charge is 0.414 e. The van der Waals surface area contributed by atoms with Crippen molar-refractivity contribution in [2.45, 2.75) is 32.1 Å². The molecule has 1 aliphatic heterocycles. The summed E-state index contributed by atoms with van der Waals surface area (Å²) in [5.41, 5.74) is 1.56. The van der Waals surface area contributed by atoms with Crippen LogP contribution in [0.25, 0.3) is 10.2 Å². The first-order valence-electron chi connectivity index (χ1n) is 10.2. The maximum atomic E-state index is 9.10. The molecule has 1 aliphatic carbocycles. The van der Waals surface area contributed by atoms with Gasteiger partial charge in [0, 0.05) is 31.1 Å². The molecule has 3 heterocycles.